The molecule has 0 saturated carbocycles. The molecule has 0 unspecified atom stereocenters. The van der Waals surface area contributed by atoms with Crippen LogP contribution in [-0.2, 0) is 11.2 Å². The first-order chi connectivity index (χ1) is 7.13. The first-order valence-corrected chi connectivity index (χ1v) is 5.23. The first-order valence-electron chi connectivity index (χ1n) is 4.15. The molecule has 0 bridgehead atoms. The molecule has 1 aromatic carbocycles. The predicted octanol–water partition coefficient (Wildman–Crippen LogP) is 2.60. The molecule has 0 aliphatic carbocycles. The van der Waals surface area contributed by atoms with Crippen LogP contribution in [-0.4, -0.2) is 17.1 Å². The highest BCUT2D eigenvalue weighted by molar-refractivity contribution is 14.1. The number of halogens is 1. The van der Waals surface area contributed by atoms with Gasteiger partial charge in [-0.25, -0.2) is 0 Å². The highest BCUT2D eigenvalue weighted by atomic mass is 127. The Morgan fingerprint density at radius 3 is 2.60 bits per heavy atom. The van der Waals surface area contributed by atoms with Crippen molar-refractivity contribution in [3.05, 3.63) is 43.8 Å². The normalized spacial score (nSPS) is 11.5. The van der Waals surface area contributed by atoms with E-state index in [9.17, 15) is 4.79 Å². The first kappa shape index (κ1) is 11.8. The summed E-state index contributed by atoms with van der Waals surface area (Å²) in [5.41, 5.74) is 9.04. The number of carboxylic acid groups (broad SMARTS) is 1. The van der Waals surface area contributed by atoms with E-state index in [0.29, 0.717) is 0 Å². The van der Waals surface area contributed by atoms with Crippen LogP contribution in [0.5, 0.6) is 0 Å². The second-order valence-electron chi connectivity index (χ2n) is 2.89. The number of hydrogen-bond acceptors (Lipinski definition) is 2. The lowest BCUT2D eigenvalue weighted by molar-refractivity contribution is -0.138. The zero-order chi connectivity index (χ0) is 11.3. The molecular weight excluding hydrogens is 309 g/mol. The van der Waals surface area contributed by atoms with E-state index in [2.05, 4.69) is 32.6 Å². The van der Waals surface area contributed by atoms with Crippen LogP contribution >= 0.6 is 22.6 Å². The van der Waals surface area contributed by atoms with Gasteiger partial charge in [-0.3, -0.25) is 4.79 Å². The third kappa shape index (κ3) is 3.77. The lowest BCUT2D eigenvalue weighted by Crippen LogP contribution is -2.19. The fourth-order valence-corrected chi connectivity index (χ4v) is 1.44. The molecule has 0 amide bonds. The minimum atomic E-state index is -1.11. The lowest BCUT2D eigenvalue weighted by atomic mass is 10.1. The number of rotatable bonds is 4. The van der Waals surface area contributed by atoms with Crippen LogP contribution in [0.4, 0.5) is 0 Å². The van der Waals surface area contributed by atoms with E-state index in [1.807, 2.05) is 24.3 Å². The number of azide groups is 1. The average molecular weight is 317 g/mol. The Hall–Kier alpha value is -1.27. The van der Waals surface area contributed by atoms with Gasteiger partial charge in [0, 0.05) is 8.48 Å². The van der Waals surface area contributed by atoms with Gasteiger partial charge in [0.25, 0.3) is 0 Å². The van der Waals surface area contributed by atoms with Crippen molar-refractivity contribution in [2.45, 2.75) is 12.5 Å². The van der Waals surface area contributed by atoms with Gasteiger partial charge < -0.3 is 5.11 Å². The molecule has 0 aromatic heterocycles. The van der Waals surface area contributed by atoms with E-state index in [1.54, 1.807) is 0 Å². The maximum absolute atomic E-state index is 10.7. The molecule has 1 rings (SSSR count). The van der Waals surface area contributed by atoms with Gasteiger partial charge in [-0.05, 0) is 52.2 Å². The molecule has 1 aromatic rings. The molecule has 0 radical (unpaired) electrons. The summed E-state index contributed by atoms with van der Waals surface area (Å²) >= 11 is 2.16. The van der Waals surface area contributed by atoms with Crippen molar-refractivity contribution in [3.8, 4) is 0 Å². The lowest BCUT2D eigenvalue weighted by Gasteiger charge is -2.05. The molecule has 5 nitrogen and oxygen atoms in total. The largest absolute Gasteiger partial charge is 0.481 e. The van der Waals surface area contributed by atoms with Crippen LogP contribution in [0.25, 0.3) is 10.4 Å². The Morgan fingerprint density at radius 1 is 1.53 bits per heavy atom. The van der Waals surface area contributed by atoms with E-state index in [-0.39, 0.29) is 6.42 Å². The van der Waals surface area contributed by atoms with Crippen molar-refractivity contribution in [3.63, 3.8) is 0 Å². The third-order valence-corrected chi connectivity index (χ3v) is 2.54. The second-order valence-corrected chi connectivity index (χ2v) is 4.14. The Morgan fingerprint density at radius 2 is 2.13 bits per heavy atom. The van der Waals surface area contributed by atoms with Gasteiger partial charge in [-0.2, -0.15) is 0 Å². The van der Waals surface area contributed by atoms with Crippen molar-refractivity contribution < 1.29 is 9.90 Å². The zero-order valence-corrected chi connectivity index (χ0v) is 9.83. The maximum Gasteiger partial charge on any atom is 0.312 e. The minimum Gasteiger partial charge on any atom is -0.481 e. The summed E-state index contributed by atoms with van der Waals surface area (Å²) in [7, 11) is 0. The summed E-state index contributed by atoms with van der Waals surface area (Å²) in [6.45, 7) is 0. The van der Waals surface area contributed by atoms with Gasteiger partial charge in [0.05, 0.1) is 0 Å². The van der Waals surface area contributed by atoms with Crippen molar-refractivity contribution in [1.29, 1.82) is 0 Å². The molecular formula is C9H8IN3O2. The monoisotopic (exact) mass is 317 g/mol. The Bertz CT molecular complexity index is 396. The highest BCUT2D eigenvalue weighted by Crippen LogP contribution is 2.10. The van der Waals surface area contributed by atoms with Gasteiger partial charge in [0.15, 0.2) is 0 Å². The SMILES string of the molecule is [N-]=[N+]=N[C@H](Cc1ccc(I)cc1)C(=O)O. The standard InChI is InChI=1S/C9H8IN3O2/c10-7-3-1-6(2-4-7)5-8(9(14)15)12-13-11/h1-4,8H,5H2,(H,14,15)/t8-/m1/s1. The van der Waals surface area contributed by atoms with Gasteiger partial charge in [-0.1, -0.05) is 17.2 Å². The van der Waals surface area contributed by atoms with Gasteiger partial charge in [0.2, 0.25) is 0 Å². The Kier molecular flexibility index (Phi) is 4.38. The summed E-state index contributed by atoms with van der Waals surface area (Å²) in [5, 5.41) is 12.0. The van der Waals surface area contributed by atoms with Crippen LogP contribution < -0.4 is 0 Å². The molecule has 1 atom stereocenters. The van der Waals surface area contributed by atoms with Gasteiger partial charge in [0.1, 0.15) is 6.04 Å². The van der Waals surface area contributed by atoms with Crippen LogP contribution in [0.15, 0.2) is 29.4 Å². The molecule has 0 heterocycles. The molecule has 0 fully saturated rings. The number of carbonyl (C=O) groups is 1. The van der Waals surface area contributed by atoms with Crippen LogP contribution in [0.3, 0.4) is 0 Å². The summed E-state index contributed by atoms with van der Waals surface area (Å²) in [6, 6.07) is 6.38. The molecule has 78 valence electrons. The number of carboxylic acids is 1. The topological polar surface area (TPSA) is 86.1 Å². The van der Waals surface area contributed by atoms with Crippen molar-refractivity contribution in [2.75, 3.05) is 0 Å². The van der Waals surface area contributed by atoms with Crippen molar-refractivity contribution >= 4 is 28.6 Å². The van der Waals surface area contributed by atoms with E-state index < -0.39 is 12.0 Å². The Labute approximate surface area is 99.9 Å². The van der Waals surface area contributed by atoms with E-state index in [1.165, 1.54) is 0 Å². The maximum atomic E-state index is 10.7. The summed E-state index contributed by atoms with van der Waals surface area (Å²) in [6.07, 6.45) is 0.219. The predicted molar refractivity (Wildman–Crippen MR) is 63.4 cm³/mol. The van der Waals surface area contributed by atoms with E-state index >= 15 is 0 Å². The zero-order valence-electron chi connectivity index (χ0n) is 7.67. The van der Waals surface area contributed by atoms with E-state index in [4.69, 9.17) is 10.6 Å². The van der Waals surface area contributed by atoms with Crippen molar-refractivity contribution in [1.82, 2.24) is 0 Å². The molecule has 0 aliphatic rings. The number of nitrogens with zero attached hydrogens (tertiary/aromatic N) is 3. The molecule has 0 saturated heterocycles. The Balaban J connectivity index is 2.78. The molecule has 1 N–H and O–H groups in total. The molecule has 0 aliphatic heterocycles. The summed E-state index contributed by atoms with van der Waals surface area (Å²) in [4.78, 5) is 13.2. The highest BCUT2D eigenvalue weighted by Gasteiger charge is 2.15. The summed E-state index contributed by atoms with van der Waals surface area (Å²) in [5.74, 6) is -1.11. The fourth-order valence-electron chi connectivity index (χ4n) is 1.08. The van der Waals surface area contributed by atoms with Crippen LogP contribution in [0.1, 0.15) is 5.56 Å². The second kappa shape index (κ2) is 5.57. The number of hydrogen-bond donors (Lipinski definition) is 1. The van der Waals surface area contributed by atoms with E-state index in [0.717, 1.165) is 9.13 Å². The summed E-state index contributed by atoms with van der Waals surface area (Å²) < 4.78 is 1.08. The van der Waals surface area contributed by atoms with Crippen LogP contribution in [0.2, 0.25) is 0 Å². The van der Waals surface area contributed by atoms with Gasteiger partial charge >= 0.3 is 5.97 Å². The quantitative estimate of drug-likeness (QED) is 0.400. The average Bonchev–Trinajstić information content (AvgIpc) is 2.20. The molecule has 15 heavy (non-hydrogen) atoms. The minimum absolute atomic E-state index is 0.219. The smallest absolute Gasteiger partial charge is 0.312 e. The third-order valence-electron chi connectivity index (χ3n) is 1.82. The molecule has 0 spiro atoms. The van der Waals surface area contributed by atoms with Crippen molar-refractivity contribution in [2.24, 2.45) is 5.11 Å². The number of aliphatic carboxylic acids is 1. The molecule has 6 heteroatoms. The van der Waals surface area contributed by atoms with Gasteiger partial charge in [-0.15, -0.1) is 0 Å². The van der Waals surface area contributed by atoms with Crippen LogP contribution in [0, 0.1) is 3.57 Å². The number of benzene rings is 1. The fraction of sp³-hybridized carbons (Fsp3) is 0.222.